The van der Waals surface area contributed by atoms with Gasteiger partial charge in [-0.3, -0.25) is 10.1 Å². The Bertz CT molecular complexity index is 429. The molecule has 1 heterocycles. The van der Waals surface area contributed by atoms with E-state index in [1.807, 2.05) is 0 Å². The van der Waals surface area contributed by atoms with E-state index >= 15 is 0 Å². The Morgan fingerprint density at radius 3 is 2.89 bits per heavy atom. The van der Waals surface area contributed by atoms with Gasteiger partial charge in [0.2, 0.25) is 0 Å². The fourth-order valence-corrected chi connectivity index (χ4v) is 2.88. The third-order valence-electron chi connectivity index (χ3n) is 4.00. The fraction of sp³-hybridized carbons (Fsp3) is 0.750. The summed E-state index contributed by atoms with van der Waals surface area (Å²) >= 11 is 0. The SMILES string of the molecule is O=C(O)C1(NC2CC2)CCCC(n2cncn2)C1. The van der Waals surface area contributed by atoms with Crippen molar-refractivity contribution in [3.05, 3.63) is 12.7 Å². The highest BCUT2D eigenvalue weighted by molar-refractivity contribution is 5.79. The Labute approximate surface area is 105 Å². The first-order chi connectivity index (χ1) is 8.70. The normalized spacial score (nSPS) is 32.3. The van der Waals surface area contributed by atoms with E-state index in [-0.39, 0.29) is 6.04 Å². The Hall–Kier alpha value is -1.43. The van der Waals surface area contributed by atoms with E-state index in [4.69, 9.17) is 0 Å². The van der Waals surface area contributed by atoms with Gasteiger partial charge in [0.1, 0.15) is 18.2 Å². The molecule has 1 aromatic heterocycles. The van der Waals surface area contributed by atoms with Crippen molar-refractivity contribution in [1.29, 1.82) is 0 Å². The number of carboxylic acids is 1. The lowest BCUT2D eigenvalue weighted by Crippen LogP contribution is -2.56. The summed E-state index contributed by atoms with van der Waals surface area (Å²) in [7, 11) is 0. The van der Waals surface area contributed by atoms with Crippen molar-refractivity contribution in [3.8, 4) is 0 Å². The number of carbonyl (C=O) groups is 1. The fourth-order valence-electron chi connectivity index (χ4n) is 2.88. The third-order valence-corrected chi connectivity index (χ3v) is 4.00. The molecule has 0 amide bonds. The van der Waals surface area contributed by atoms with Gasteiger partial charge in [-0.1, -0.05) is 0 Å². The topological polar surface area (TPSA) is 80.0 Å². The average molecular weight is 250 g/mol. The molecule has 18 heavy (non-hydrogen) atoms. The van der Waals surface area contributed by atoms with Crippen LogP contribution in [0.25, 0.3) is 0 Å². The van der Waals surface area contributed by atoms with Gasteiger partial charge in [0.15, 0.2) is 0 Å². The summed E-state index contributed by atoms with van der Waals surface area (Å²) in [6.07, 6.45) is 8.59. The van der Waals surface area contributed by atoms with Crippen LogP contribution in [0.2, 0.25) is 0 Å². The van der Waals surface area contributed by atoms with Gasteiger partial charge < -0.3 is 5.11 Å². The van der Waals surface area contributed by atoms with Gasteiger partial charge in [0.05, 0.1) is 6.04 Å². The van der Waals surface area contributed by atoms with E-state index in [9.17, 15) is 9.90 Å². The zero-order valence-corrected chi connectivity index (χ0v) is 10.2. The molecule has 0 spiro atoms. The van der Waals surface area contributed by atoms with E-state index in [1.165, 1.54) is 6.33 Å². The van der Waals surface area contributed by atoms with Crippen LogP contribution in [0.4, 0.5) is 0 Å². The molecule has 0 bridgehead atoms. The highest BCUT2D eigenvalue weighted by Gasteiger charge is 2.46. The quantitative estimate of drug-likeness (QED) is 0.832. The van der Waals surface area contributed by atoms with Crippen LogP contribution in [-0.4, -0.2) is 37.4 Å². The maximum absolute atomic E-state index is 11.6. The molecular weight excluding hydrogens is 232 g/mol. The smallest absolute Gasteiger partial charge is 0.323 e. The molecule has 98 valence electrons. The van der Waals surface area contributed by atoms with Crippen molar-refractivity contribution < 1.29 is 9.90 Å². The molecule has 0 aliphatic heterocycles. The number of hydrogen-bond acceptors (Lipinski definition) is 4. The predicted octanol–water partition coefficient (Wildman–Crippen LogP) is 0.969. The number of carboxylic acid groups (broad SMARTS) is 1. The highest BCUT2D eigenvalue weighted by atomic mass is 16.4. The Morgan fingerprint density at radius 1 is 1.44 bits per heavy atom. The van der Waals surface area contributed by atoms with E-state index in [1.54, 1.807) is 11.0 Å². The summed E-state index contributed by atoms with van der Waals surface area (Å²) in [4.78, 5) is 15.6. The molecule has 0 radical (unpaired) electrons. The first kappa shape index (κ1) is 11.6. The molecule has 0 aromatic carbocycles. The maximum Gasteiger partial charge on any atom is 0.323 e. The van der Waals surface area contributed by atoms with Crippen molar-refractivity contribution in [2.24, 2.45) is 0 Å². The summed E-state index contributed by atoms with van der Waals surface area (Å²) in [5.41, 5.74) is -0.768. The van der Waals surface area contributed by atoms with Gasteiger partial charge in [-0.25, -0.2) is 9.67 Å². The van der Waals surface area contributed by atoms with E-state index in [2.05, 4.69) is 15.4 Å². The van der Waals surface area contributed by atoms with Crippen LogP contribution < -0.4 is 5.32 Å². The number of hydrogen-bond donors (Lipinski definition) is 2. The lowest BCUT2D eigenvalue weighted by Gasteiger charge is -2.38. The number of aliphatic carboxylic acids is 1. The third kappa shape index (κ3) is 2.12. The Balaban J connectivity index is 1.79. The van der Waals surface area contributed by atoms with Crippen LogP contribution in [-0.2, 0) is 4.79 Å². The molecular formula is C12H18N4O2. The van der Waals surface area contributed by atoms with Gasteiger partial charge in [0.25, 0.3) is 0 Å². The summed E-state index contributed by atoms with van der Waals surface area (Å²) in [6, 6.07) is 0.541. The van der Waals surface area contributed by atoms with Crippen molar-refractivity contribution in [2.45, 2.75) is 56.1 Å². The lowest BCUT2D eigenvalue weighted by molar-refractivity contribution is -0.147. The van der Waals surface area contributed by atoms with Crippen molar-refractivity contribution >= 4 is 5.97 Å². The van der Waals surface area contributed by atoms with Gasteiger partial charge >= 0.3 is 5.97 Å². The number of nitrogens with one attached hydrogen (secondary N) is 1. The molecule has 2 N–H and O–H groups in total. The van der Waals surface area contributed by atoms with Crippen LogP contribution in [0.1, 0.15) is 44.6 Å². The molecule has 2 atom stereocenters. The summed E-state index contributed by atoms with van der Waals surface area (Å²) < 4.78 is 1.80. The molecule has 0 saturated heterocycles. The van der Waals surface area contributed by atoms with Gasteiger partial charge in [-0.05, 0) is 38.5 Å². The summed E-state index contributed by atoms with van der Waals surface area (Å²) in [5.74, 6) is -0.723. The summed E-state index contributed by atoms with van der Waals surface area (Å²) in [5, 5.41) is 17.1. The maximum atomic E-state index is 11.6. The van der Waals surface area contributed by atoms with Crippen LogP contribution in [0.5, 0.6) is 0 Å². The van der Waals surface area contributed by atoms with Gasteiger partial charge in [0, 0.05) is 6.04 Å². The van der Waals surface area contributed by atoms with E-state index in [0.29, 0.717) is 18.9 Å². The average Bonchev–Trinajstić information content (AvgIpc) is 3.00. The van der Waals surface area contributed by atoms with Gasteiger partial charge in [-0.15, -0.1) is 0 Å². The van der Waals surface area contributed by atoms with E-state index in [0.717, 1.165) is 25.7 Å². The van der Waals surface area contributed by atoms with Crippen LogP contribution in [0.3, 0.4) is 0 Å². The zero-order valence-electron chi connectivity index (χ0n) is 10.2. The molecule has 2 unspecified atom stereocenters. The highest BCUT2D eigenvalue weighted by Crippen LogP contribution is 2.37. The first-order valence-corrected chi connectivity index (χ1v) is 6.55. The molecule has 3 rings (SSSR count). The number of nitrogens with zero attached hydrogens (tertiary/aromatic N) is 3. The monoisotopic (exact) mass is 250 g/mol. The van der Waals surface area contributed by atoms with Crippen LogP contribution >= 0.6 is 0 Å². The Morgan fingerprint density at radius 2 is 2.28 bits per heavy atom. The lowest BCUT2D eigenvalue weighted by atomic mass is 9.79. The van der Waals surface area contributed by atoms with Crippen LogP contribution in [0.15, 0.2) is 12.7 Å². The first-order valence-electron chi connectivity index (χ1n) is 6.55. The number of rotatable bonds is 4. The minimum Gasteiger partial charge on any atom is -0.480 e. The van der Waals surface area contributed by atoms with Crippen LogP contribution in [0, 0.1) is 0 Å². The second-order valence-electron chi connectivity index (χ2n) is 5.43. The van der Waals surface area contributed by atoms with Crippen molar-refractivity contribution in [1.82, 2.24) is 20.1 Å². The largest absolute Gasteiger partial charge is 0.480 e. The number of aromatic nitrogens is 3. The van der Waals surface area contributed by atoms with Crippen molar-refractivity contribution in [3.63, 3.8) is 0 Å². The summed E-state index contributed by atoms with van der Waals surface area (Å²) in [6.45, 7) is 0. The second kappa shape index (κ2) is 4.35. The molecule has 6 nitrogen and oxygen atoms in total. The standard InChI is InChI=1S/C12H18N4O2/c17-11(18)12(15-9-3-4-9)5-1-2-10(6-12)16-8-13-7-14-16/h7-10,15H,1-6H2,(H,17,18). The molecule has 2 aliphatic rings. The molecule has 2 aliphatic carbocycles. The minimum absolute atomic E-state index is 0.142. The Kier molecular flexibility index (Phi) is 2.81. The van der Waals surface area contributed by atoms with Crippen molar-refractivity contribution in [2.75, 3.05) is 0 Å². The minimum atomic E-state index is -0.768. The second-order valence-corrected chi connectivity index (χ2v) is 5.43. The molecule has 2 saturated carbocycles. The predicted molar refractivity (Wildman–Crippen MR) is 64.1 cm³/mol. The molecule has 6 heteroatoms. The molecule has 1 aromatic rings. The van der Waals surface area contributed by atoms with Gasteiger partial charge in [-0.2, -0.15) is 5.10 Å². The zero-order chi connectivity index (χ0) is 12.6. The molecule has 2 fully saturated rings. The van der Waals surface area contributed by atoms with E-state index < -0.39 is 11.5 Å².